The van der Waals surface area contributed by atoms with Crippen LogP contribution in [-0.4, -0.2) is 16.3 Å². The molecule has 1 N–H and O–H groups in total. The summed E-state index contributed by atoms with van der Waals surface area (Å²) in [5.74, 6) is -0.785. The molecule has 1 aromatic carbocycles. The van der Waals surface area contributed by atoms with Gasteiger partial charge in [0.2, 0.25) is 0 Å². The maximum atomic E-state index is 13.9. The van der Waals surface area contributed by atoms with Crippen LogP contribution < -0.4 is 5.32 Å². The van der Waals surface area contributed by atoms with E-state index in [0.717, 1.165) is 18.2 Å². The normalized spacial score (nSPS) is 12.6. The summed E-state index contributed by atoms with van der Waals surface area (Å²) in [6.07, 6.45) is 3.18. The zero-order chi connectivity index (χ0) is 14.5. The molecule has 0 radical (unpaired) electrons. The van der Waals surface area contributed by atoms with Gasteiger partial charge in [-0.3, -0.25) is 4.68 Å². The van der Waals surface area contributed by atoms with Crippen LogP contribution in [0.25, 0.3) is 0 Å². The second-order valence-corrected chi connectivity index (χ2v) is 4.76. The van der Waals surface area contributed by atoms with Crippen molar-refractivity contribution in [2.24, 2.45) is 7.05 Å². The lowest BCUT2D eigenvalue weighted by atomic mass is 10.00. The third-order valence-electron chi connectivity index (χ3n) is 3.40. The van der Waals surface area contributed by atoms with Gasteiger partial charge in [-0.2, -0.15) is 5.10 Å². The molecule has 1 aromatic heterocycles. The van der Waals surface area contributed by atoms with Gasteiger partial charge >= 0.3 is 0 Å². The van der Waals surface area contributed by atoms with E-state index in [1.165, 1.54) is 12.1 Å². The van der Waals surface area contributed by atoms with Crippen LogP contribution in [0.15, 0.2) is 30.5 Å². The molecule has 20 heavy (non-hydrogen) atoms. The van der Waals surface area contributed by atoms with Crippen LogP contribution in [0.5, 0.6) is 0 Å². The monoisotopic (exact) mass is 279 g/mol. The Morgan fingerprint density at radius 2 is 2.10 bits per heavy atom. The number of benzene rings is 1. The van der Waals surface area contributed by atoms with Crippen molar-refractivity contribution < 1.29 is 8.78 Å². The Kier molecular flexibility index (Phi) is 4.84. The van der Waals surface area contributed by atoms with Crippen molar-refractivity contribution in [2.75, 3.05) is 6.54 Å². The number of rotatable bonds is 6. The Hall–Kier alpha value is -1.75. The molecule has 0 bridgehead atoms. The second kappa shape index (κ2) is 6.61. The number of nitrogens with zero attached hydrogens (tertiary/aromatic N) is 2. The maximum Gasteiger partial charge on any atom is 0.128 e. The highest BCUT2D eigenvalue weighted by molar-refractivity contribution is 5.22. The first kappa shape index (κ1) is 14.7. The van der Waals surface area contributed by atoms with Gasteiger partial charge in [0, 0.05) is 30.5 Å². The van der Waals surface area contributed by atoms with E-state index in [-0.39, 0.29) is 11.9 Å². The molecular formula is C15H19F2N3. The number of aromatic nitrogens is 2. The van der Waals surface area contributed by atoms with Crippen molar-refractivity contribution in [1.29, 1.82) is 0 Å². The molecule has 3 nitrogen and oxygen atoms in total. The first-order valence-corrected chi connectivity index (χ1v) is 6.77. The number of hydrogen-bond donors (Lipinski definition) is 1. The van der Waals surface area contributed by atoms with Gasteiger partial charge in [0.25, 0.3) is 0 Å². The van der Waals surface area contributed by atoms with Crippen molar-refractivity contribution >= 4 is 0 Å². The molecule has 1 atom stereocenters. The summed E-state index contributed by atoms with van der Waals surface area (Å²) in [7, 11) is 1.88. The van der Waals surface area contributed by atoms with Crippen LogP contribution in [-0.2, 0) is 13.5 Å². The molecule has 0 fully saturated rings. The van der Waals surface area contributed by atoms with Gasteiger partial charge in [0.15, 0.2) is 0 Å². The van der Waals surface area contributed by atoms with Crippen LogP contribution in [0.1, 0.15) is 30.6 Å². The van der Waals surface area contributed by atoms with Gasteiger partial charge < -0.3 is 5.32 Å². The Morgan fingerprint density at radius 3 is 2.75 bits per heavy atom. The summed E-state index contributed by atoms with van der Waals surface area (Å²) in [6.45, 7) is 2.65. The van der Waals surface area contributed by atoms with Gasteiger partial charge in [0.05, 0.1) is 0 Å². The van der Waals surface area contributed by atoms with E-state index in [9.17, 15) is 8.78 Å². The first-order valence-electron chi connectivity index (χ1n) is 6.77. The molecule has 2 aromatic rings. The van der Waals surface area contributed by atoms with Crippen molar-refractivity contribution in [3.8, 4) is 0 Å². The highest BCUT2D eigenvalue weighted by Gasteiger charge is 2.16. The van der Waals surface area contributed by atoms with Crippen molar-refractivity contribution in [1.82, 2.24) is 15.1 Å². The highest BCUT2D eigenvalue weighted by atomic mass is 19.1. The summed E-state index contributed by atoms with van der Waals surface area (Å²) in [5.41, 5.74) is 1.46. The van der Waals surface area contributed by atoms with Crippen molar-refractivity contribution in [3.63, 3.8) is 0 Å². The van der Waals surface area contributed by atoms with E-state index in [0.29, 0.717) is 18.5 Å². The fourth-order valence-corrected chi connectivity index (χ4v) is 2.33. The van der Waals surface area contributed by atoms with E-state index in [4.69, 9.17) is 0 Å². The molecule has 1 unspecified atom stereocenters. The number of hydrogen-bond acceptors (Lipinski definition) is 2. The lowest BCUT2D eigenvalue weighted by molar-refractivity contribution is 0.474. The molecular weight excluding hydrogens is 260 g/mol. The fourth-order valence-electron chi connectivity index (χ4n) is 2.33. The largest absolute Gasteiger partial charge is 0.310 e. The lowest BCUT2D eigenvalue weighted by Gasteiger charge is -2.19. The molecule has 1 heterocycles. The Labute approximate surface area is 117 Å². The summed E-state index contributed by atoms with van der Waals surface area (Å²) >= 11 is 0. The molecule has 0 aliphatic carbocycles. The van der Waals surface area contributed by atoms with Crippen molar-refractivity contribution in [3.05, 3.63) is 53.4 Å². The van der Waals surface area contributed by atoms with E-state index < -0.39 is 5.82 Å². The minimum atomic E-state index is -0.412. The van der Waals surface area contributed by atoms with E-state index in [2.05, 4.69) is 10.4 Å². The summed E-state index contributed by atoms with van der Waals surface area (Å²) < 4.78 is 29.0. The van der Waals surface area contributed by atoms with Gasteiger partial charge in [-0.1, -0.05) is 6.92 Å². The molecule has 0 saturated carbocycles. The van der Waals surface area contributed by atoms with Gasteiger partial charge in [-0.25, -0.2) is 8.78 Å². The molecule has 0 saturated heterocycles. The zero-order valence-corrected chi connectivity index (χ0v) is 11.7. The van der Waals surface area contributed by atoms with Crippen LogP contribution >= 0.6 is 0 Å². The zero-order valence-electron chi connectivity index (χ0n) is 11.7. The van der Waals surface area contributed by atoms with Crippen LogP contribution in [0.3, 0.4) is 0 Å². The average molecular weight is 279 g/mol. The Balaban J connectivity index is 2.14. The highest BCUT2D eigenvalue weighted by Crippen LogP contribution is 2.23. The summed E-state index contributed by atoms with van der Waals surface area (Å²) in [5, 5.41) is 7.32. The van der Waals surface area contributed by atoms with Gasteiger partial charge in [0.1, 0.15) is 11.6 Å². The second-order valence-electron chi connectivity index (χ2n) is 4.76. The van der Waals surface area contributed by atoms with Crippen molar-refractivity contribution in [2.45, 2.75) is 25.8 Å². The Morgan fingerprint density at radius 1 is 1.30 bits per heavy atom. The minimum absolute atomic E-state index is 0.203. The number of nitrogens with one attached hydrogen (secondary N) is 1. The average Bonchev–Trinajstić information content (AvgIpc) is 2.83. The fraction of sp³-hybridized carbons (Fsp3) is 0.400. The van der Waals surface area contributed by atoms with E-state index in [1.807, 2.05) is 20.0 Å². The molecule has 108 valence electrons. The minimum Gasteiger partial charge on any atom is -0.310 e. The maximum absolute atomic E-state index is 13.9. The molecule has 0 aliphatic heterocycles. The molecule has 2 rings (SSSR count). The number of halogens is 2. The third kappa shape index (κ3) is 3.42. The molecule has 0 aliphatic rings. The van der Waals surface area contributed by atoms with Crippen LogP contribution in [0, 0.1) is 11.6 Å². The smallest absolute Gasteiger partial charge is 0.128 e. The topological polar surface area (TPSA) is 29.9 Å². The quantitative estimate of drug-likeness (QED) is 0.881. The van der Waals surface area contributed by atoms with Gasteiger partial charge in [-0.15, -0.1) is 0 Å². The van der Waals surface area contributed by atoms with E-state index >= 15 is 0 Å². The standard InChI is InChI=1S/C15H19F2N3/c1-3-18-15(7-5-12-8-9-19-20(12)2)13-10-11(16)4-6-14(13)17/h4,6,8-10,15,18H,3,5,7H2,1-2H3. The third-order valence-corrected chi connectivity index (χ3v) is 3.40. The molecule has 5 heteroatoms. The summed E-state index contributed by atoms with van der Waals surface area (Å²) in [4.78, 5) is 0. The molecule has 0 spiro atoms. The van der Waals surface area contributed by atoms with Crippen LogP contribution in [0.4, 0.5) is 8.78 Å². The van der Waals surface area contributed by atoms with Crippen LogP contribution in [0.2, 0.25) is 0 Å². The predicted molar refractivity (Wildman–Crippen MR) is 74.3 cm³/mol. The Bertz CT molecular complexity index is 566. The first-order chi connectivity index (χ1) is 9.61. The van der Waals surface area contributed by atoms with Gasteiger partial charge in [-0.05, 0) is 43.7 Å². The molecule has 0 amide bonds. The van der Waals surface area contributed by atoms with E-state index in [1.54, 1.807) is 10.9 Å². The predicted octanol–water partition coefficient (Wildman–Crippen LogP) is 2.98. The summed E-state index contributed by atoms with van der Waals surface area (Å²) in [6, 6.07) is 5.32. The number of aryl methyl sites for hydroxylation is 2. The SMILES string of the molecule is CCNC(CCc1ccnn1C)c1cc(F)ccc1F. The lowest BCUT2D eigenvalue weighted by Crippen LogP contribution is -2.23.